The number of urea groups is 1. The van der Waals surface area contributed by atoms with E-state index in [1.165, 1.54) is 16.7 Å². The monoisotopic (exact) mass is 299 g/mol. The molecular formula is C13H21N3O3S. The van der Waals surface area contributed by atoms with Crippen molar-refractivity contribution >= 4 is 23.3 Å². The van der Waals surface area contributed by atoms with Gasteiger partial charge in [-0.05, 0) is 12.8 Å². The van der Waals surface area contributed by atoms with Crippen LogP contribution in [-0.2, 0) is 6.42 Å². The van der Waals surface area contributed by atoms with E-state index >= 15 is 0 Å². The van der Waals surface area contributed by atoms with Gasteiger partial charge >= 0.3 is 12.0 Å². The standard InChI is InChI=1S/C13H21N3O3S/c1-3-7-16(8-4-2)13(19)14-6-5-11-15-10(9-20-11)12(17)18/h9H,3-8H2,1-2H3,(H,14,19)(H,17,18). The summed E-state index contributed by atoms with van der Waals surface area (Å²) < 4.78 is 0. The number of nitrogens with zero attached hydrogens (tertiary/aromatic N) is 2. The van der Waals surface area contributed by atoms with Crippen LogP contribution in [0.3, 0.4) is 0 Å². The predicted octanol–water partition coefficient (Wildman–Crippen LogP) is 2.22. The summed E-state index contributed by atoms with van der Waals surface area (Å²) in [5.74, 6) is -1.02. The van der Waals surface area contributed by atoms with E-state index < -0.39 is 5.97 Å². The number of hydrogen-bond acceptors (Lipinski definition) is 4. The summed E-state index contributed by atoms with van der Waals surface area (Å²) in [6.45, 7) is 6.05. The van der Waals surface area contributed by atoms with Gasteiger partial charge in [0.1, 0.15) is 0 Å². The molecule has 0 aliphatic rings. The van der Waals surface area contributed by atoms with Crippen LogP contribution in [0, 0.1) is 0 Å². The van der Waals surface area contributed by atoms with Crippen molar-refractivity contribution in [2.24, 2.45) is 0 Å². The Morgan fingerprint density at radius 1 is 1.35 bits per heavy atom. The normalized spacial score (nSPS) is 10.3. The van der Waals surface area contributed by atoms with Gasteiger partial charge in [0.2, 0.25) is 0 Å². The maximum absolute atomic E-state index is 11.9. The molecule has 0 atom stereocenters. The van der Waals surface area contributed by atoms with Crippen molar-refractivity contribution < 1.29 is 14.7 Å². The van der Waals surface area contributed by atoms with Gasteiger partial charge in [-0.2, -0.15) is 0 Å². The molecule has 0 aromatic carbocycles. The number of rotatable bonds is 8. The van der Waals surface area contributed by atoms with E-state index in [-0.39, 0.29) is 11.7 Å². The zero-order valence-electron chi connectivity index (χ0n) is 11.9. The summed E-state index contributed by atoms with van der Waals surface area (Å²) >= 11 is 1.30. The third kappa shape index (κ3) is 5.16. The molecule has 1 aromatic rings. The van der Waals surface area contributed by atoms with Crippen LogP contribution in [0.4, 0.5) is 4.79 Å². The van der Waals surface area contributed by atoms with Gasteiger partial charge in [0.15, 0.2) is 5.69 Å². The van der Waals surface area contributed by atoms with Gasteiger partial charge in [-0.15, -0.1) is 11.3 Å². The van der Waals surface area contributed by atoms with Gasteiger partial charge in [-0.1, -0.05) is 13.8 Å². The quantitative estimate of drug-likeness (QED) is 0.771. The van der Waals surface area contributed by atoms with Crippen molar-refractivity contribution in [1.82, 2.24) is 15.2 Å². The molecule has 112 valence electrons. The Balaban J connectivity index is 2.38. The Morgan fingerprint density at radius 2 is 2.00 bits per heavy atom. The van der Waals surface area contributed by atoms with Crippen LogP contribution in [0.15, 0.2) is 5.38 Å². The summed E-state index contributed by atoms with van der Waals surface area (Å²) in [5.41, 5.74) is 0.0647. The number of aromatic carboxylic acids is 1. The number of amides is 2. The van der Waals surface area contributed by atoms with Gasteiger partial charge in [-0.25, -0.2) is 14.6 Å². The first-order valence-corrected chi connectivity index (χ1v) is 7.66. The summed E-state index contributed by atoms with van der Waals surface area (Å²) in [4.78, 5) is 28.4. The van der Waals surface area contributed by atoms with Crippen LogP contribution in [0.1, 0.15) is 42.2 Å². The number of nitrogens with one attached hydrogen (secondary N) is 1. The molecule has 2 amide bonds. The molecule has 1 heterocycles. The summed E-state index contributed by atoms with van der Waals surface area (Å²) in [5, 5.41) is 13.9. The zero-order valence-corrected chi connectivity index (χ0v) is 12.7. The largest absolute Gasteiger partial charge is 0.476 e. The minimum Gasteiger partial charge on any atom is -0.476 e. The fourth-order valence-electron chi connectivity index (χ4n) is 1.77. The SMILES string of the molecule is CCCN(CCC)C(=O)NCCc1nc(C(=O)O)cs1. The Labute approximate surface area is 122 Å². The molecule has 0 fully saturated rings. The minimum atomic E-state index is -1.02. The van der Waals surface area contributed by atoms with Gasteiger partial charge in [0.05, 0.1) is 5.01 Å². The summed E-state index contributed by atoms with van der Waals surface area (Å²) in [7, 11) is 0. The molecular weight excluding hydrogens is 278 g/mol. The third-order valence-electron chi connectivity index (χ3n) is 2.66. The van der Waals surface area contributed by atoms with E-state index in [0.29, 0.717) is 13.0 Å². The highest BCUT2D eigenvalue weighted by Gasteiger charge is 2.12. The molecule has 0 radical (unpaired) electrons. The molecule has 0 aliphatic carbocycles. The van der Waals surface area contributed by atoms with E-state index in [1.807, 2.05) is 13.8 Å². The van der Waals surface area contributed by atoms with Crippen molar-refractivity contribution in [3.8, 4) is 0 Å². The number of carbonyl (C=O) groups is 2. The lowest BCUT2D eigenvalue weighted by Crippen LogP contribution is -2.41. The number of carboxylic acid groups (broad SMARTS) is 1. The van der Waals surface area contributed by atoms with Crippen molar-refractivity contribution in [2.45, 2.75) is 33.1 Å². The lowest BCUT2D eigenvalue weighted by Gasteiger charge is -2.21. The summed E-state index contributed by atoms with van der Waals surface area (Å²) in [6.07, 6.45) is 2.42. The highest BCUT2D eigenvalue weighted by Crippen LogP contribution is 2.09. The van der Waals surface area contributed by atoms with E-state index in [0.717, 1.165) is 30.9 Å². The second-order valence-electron chi connectivity index (χ2n) is 4.40. The third-order valence-corrected chi connectivity index (χ3v) is 3.57. The summed E-state index contributed by atoms with van der Waals surface area (Å²) in [6, 6.07) is -0.0660. The first-order valence-electron chi connectivity index (χ1n) is 6.78. The van der Waals surface area contributed by atoms with Crippen LogP contribution in [0.5, 0.6) is 0 Å². The Bertz CT molecular complexity index is 442. The lowest BCUT2D eigenvalue weighted by molar-refractivity contribution is 0.0691. The number of hydrogen-bond donors (Lipinski definition) is 2. The maximum atomic E-state index is 11.9. The maximum Gasteiger partial charge on any atom is 0.355 e. The average molecular weight is 299 g/mol. The van der Waals surface area contributed by atoms with Crippen LogP contribution in [0.25, 0.3) is 0 Å². The van der Waals surface area contributed by atoms with Crippen LogP contribution in [0.2, 0.25) is 0 Å². The molecule has 1 rings (SSSR count). The molecule has 0 bridgehead atoms. The lowest BCUT2D eigenvalue weighted by atomic mass is 10.3. The van der Waals surface area contributed by atoms with Crippen molar-refractivity contribution in [2.75, 3.05) is 19.6 Å². The molecule has 6 nitrogen and oxygen atoms in total. The first kappa shape index (κ1) is 16.4. The average Bonchev–Trinajstić information content (AvgIpc) is 2.87. The fourth-order valence-corrected chi connectivity index (χ4v) is 2.54. The van der Waals surface area contributed by atoms with Crippen LogP contribution in [-0.4, -0.2) is 46.6 Å². The Hall–Kier alpha value is -1.63. The molecule has 0 saturated heterocycles. The van der Waals surface area contributed by atoms with E-state index in [1.54, 1.807) is 4.90 Å². The van der Waals surface area contributed by atoms with E-state index in [4.69, 9.17) is 5.11 Å². The predicted molar refractivity (Wildman–Crippen MR) is 78.3 cm³/mol. The first-order chi connectivity index (χ1) is 9.58. The van der Waals surface area contributed by atoms with Crippen molar-refractivity contribution in [3.05, 3.63) is 16.1 Å². The molecule has 0 aliphatic heterocycles. The smallest absolute Gasteiger partial charge is 0.355 e. The van der Waals surface area contributed by atoms with E-state index in [2.05, 4.69) is 10.3 Å². The Kier molecular flexibility index (Phi) is 7.00. The van der Waals surface area contributed by atoms with Gasteiger partial charge in [0.25, 0.3) is 0 Å². The number of carboxylic acids is 1. The van der Waals surface area contributed by atoms with Gasteiger partial charge < -0.3 is 15.3 Å². The number of aromatic nitrogens is 1. The van der Waals surface area contributed by atoms with Crippen LogP contribution >= 0.6 is 11.3 Å². The minimum absolute atomic E-state index is 0.0647. The molecule has 0 saturated carbocycles. The second-order valence-corrected chi connectivity index (χ2v) is 5.34. The van der Waals surface area contributed by atoms with Crippen molar-refractivity contribution in [3.63, 3.8) is 0 Å². The molecule has 2 N–H and O–H groups in total. The van der Waals surface area contributed by atoms with Gasteiger partial charge in [-0.3, -0.25) is 0 Å². The molecule has 20 heavy (non-hydrogen) atoms. The highest BCUT2D eigenvalue weighted by molar-refractivity contribution is 7.09. The number of carbonyl (C=O) groups excluding carboxylic acids is 1. The van der Waals surface area contributed by atoms with Crippen molar-refractivity contribution in [1.29, 1.82) is 0 Å². The Morgan fingerprint density at radius 3 is 2.50 bits per heavy atom. The van der Waals surface area contributed by atoms with Gasteiger partial charge in [0, 0.05) is 31.4 Å². The van der Waals surface area contributed by atoms with E-state index in [9.17, 15) is 9.59 Å². The topological polar surface area (TPSA) is 82.5 Å². The molecule has 7 heteroatoms. The molecule has 0 spiro atoms. The molecule has 0 unspecified atom stereocenters. The zero-order chi connectivity index (χ0) is 15.0. The second kappa shape index (κ2) is 8.52. The van der Waals surface area contributed by atoms with Crippen LogP contribution < -0.4 is 5.32 Å². The fraction of sp³-hybridized carbons (Fsp3) is 0.615. The number of thiazole rings is 1. The molecule has 1 aromatic heterocycles. The highest BCUT2D eigenvalue weighted by atomic mass is 32.1.